The Labute approximate surface area is 146 Å². The van der Waals surface area contributed by atoms with Gasteiger partial charge in [0, 0.05) is 0 Å². The number of hydrogen-bond donors (Lipinski definition) is 2. The molecular weight excluding hydrogens is 282 g/mol. The monoisotopic (exact) mass is 326 g/mol. The molecule has 0 spiro atoms. The van der Waals surface area contributed by atoms with Gasteiger partial charge in [0.05, 0.1) is 0 Å². The van der Waals surface area contributed by atoms with Gasteiger partial charge in [0.2, 0.25) is 0 Å². The van der Waals surface area contributed by atoms with Crippen molar-refractivity contribution in [3.8, 4) is 0 Å². The van der Waals surface area contributed by atoms with Gasteiger partial charge in [-0.25, -0.2) is 0 Å². The fraction of sp³-hybridized carbons (Fsp3) is 0.952. The number of aliphatic hydroxyl groups excluding tert-OH is 1. The molecule has 1 radical (unpaired) electrons. The molecule has 0 bridgehead atoms. The average Bonchev–Trinajstić information content (AvgIpc) is 2.57. The average molecular weight is 327 g/mol. The van der Waals surface area contributed by atoms with E-state index in [0.29, 0.717) is 6.42 Å². The summed E-state index contributed by atoms with van der Waals surface area (Å²) >= 11 is 0. The molecule has 1 atom stereocenters. The van der Waals surface area contributed by atoms with Gasteiger partial charge in [-0.3, -0.25) is 5.32 Å². The van der Waals surface area contributed by atoms with Crippen LogP contribution in [0.1, 0.15) is 116 Å². The number of nitrogens with one attached hydrogen (secondary N) is 1. The summed E-state index contributed by atoms with van der Waals surface area (Å²) in [5, 5.41) is 12.4. The topological polar surface area (TPSA) is 32.3 Å². The lowest BCUT2D eigenvalue weighted by Crippen LogP contribution is -2.28. The van der Waals surface area contributed by atoms with E-state index in [-0.39, 0.29) is 0 Å². The highest BCUT2D eigenvalue weighted by Crippen LogP contribution is 2.13. The van der Waals surface area contributed by atoms with E-state index in [1.165, 1.54) is 103 Å². The molecule has 0 aliphatic rings. The maximum Gasteiger partial charge on any atom is 0.104 e. The maximum absolute atomic E-state index is 9.31. The molecule has 0 aliphatic carbocycles. The van der Waals surface area contributed by atoms with Crippen LogP contribution in [0, 0.1) is 6.92 Å². The van der Waals surface area contributed by atoms with E-state index < -0.39 is 6.23 Å². The molecule has 2 heteroatoms. The Kier molecular flexibility index (Phi) is 19.9. The van der Waals surface area contributed by atoms with E-state index in [2.05, 4.69) is 19.2 Å². The Hall–Kier alpha value is -0.0800. The van der Waals surface area contributed by atoms with Crippen molar-refractivity contribution in [1.82, 2.24) is 5.32 Å². The lowest BCUT2D eigenvalue weighted by atomic mass is 10.0. The third-order valence-electron chi connectivity index (χ3n) is 4.68. The van der Waals surface area contributed by atoms with Crippen molar-refractivity contribution in [1.29, 1.82) is 0 Å². The van der Waals surface area contributed by atoms with Crippen molar-refractivity contribution < 1.29 is 5.11 Å². The molecule has 1 unspecified atom stereocenters. The van der Waals surface area contributed by atoms with Crippen molar-refractivity contribution in [2.24, 2.45) is 0 Å². The Balaban J connectivity index is 2.97. The van der Waals surface area contributed by atoms with Gasteiger partial charge in [-0.15, -0.1) is 0 Å². The van der Waals surface area contributed by atoms with Gasteiger partial charge in [0.15, 0.2) is 0 Å². The quantitative estimate of drug-likeness (QED) is 0.213. The molecule has 0 heterocycles. The van der Waals surface area contributed by atoms with Crippen LogP contribution in [0.25, 0.3) is 0 Å². The molecule has 0 amide bonds. The van der Waals surface area contributed by atoms with E-state index in [4.69, 9.17) is 0 Å². The minimum absolute atomic E-state index is 0.411. The minimum atomic E-state index is -0.411. The SMILES string of the molecule is [CH2]CC(O)NCCCCCCCCCCCCCCCCCC. The Morgan fingerprint density at radius 1 is 0.652 bits per heavy atom. The molecule has 0 saturated heterocycles. The molecular formula is C21H44NO. The molecule has 0 aliphatic heterocycles. The first-order valence-electron chi connectivity index (χ1n) is 10.5. The smallest absolute Gasteiger partial charge is 0.104 e. The van der Waals surface area contributed by atoms with E-state index in [9.17, 15) is 5.11 Å². The highest BCUT2D eigenvalue weighted by molar-refractivity contribution is 4.55. The standard InChI is InChI=1S/C21H44NO/c1-3-5-6-7-8-9-10-11-12-13-14-15-16-17-18-19-20-22-21(23)4-2/h21-23H,2-20H2,1H3. The van der Waals surface area contributed by atoms with Crippen LogP contribution in [0.15, 0.2) is 0 Å². The van der Waals surface area contributed by atoms with Crippen molar-refractivity contribution in [3.63, 3.8) is 0 Å². The van der Waals surface area contributed by atoms with Crippen LogP contribution in [-0.2, 0) is 0 Å². The largest absolute Gasteiger partial charge is 0.379 e. The molecule has 0 fully saturated rings. The van der Waals surface area contributed by atoms with E-state index in [0.717, 1.165) is 6.54 Å². The van der Waals surface area contributed by atoms with Gasteiger partial charge in [0.25, 0.3) is 0 Å². The lowest BCUT2D eigenvalue weighted by Gasteiger charge is -2.09. The summed E-state index contributed by atoms with van der Waals surface area (Å²) < 4.78 is 0. The van der Waals surface area contributed by atoms with E-state index in [1.54, 1.807) is 0 Å². The zero-order chi connectivity index (χ0) is 17.0. The van der Waals surface area contributed by atoms with Crippen molar-refractivity contribution in [2.45, 2.75) is 122 Å². The second-order valence-electron chi connectivity index (χ2n) is 7.06. The van der Waals surface area contributed by atoms with Crippen LogP contribution in [-0.4, -0.2) is 17.9 Å². The van der Waals surface area contributed by atoms with Crippen molar-refractivity contribution in [2.75, 3.05) is 6.54 Å². The maximum atomic E-state index is 9.31. The van der Waals surface area contributed by atoms with Gasteiger partial charge < -0.3 is 5.11 Å². The van der Waals surface area contributed by atoms with Crippen LogP contribution in [0.3, 0.4) is 0 Å². The Morgan fingerprint density at radius 3 is 1.35 bits per heavy atom. The lowest BCUT2D eigenvalue weighted by molar-refractivity contribution is 0.139. The zero-order valence-electron chi connectivity index (χ0n) is 16.0. The fourth-order valence-electron chi connectivity index (χ4n) is 3.04. The van der Waals surface area contributed by atoms with Crippen LogP contribution in [0.2, 0.25) is 0 Å². The van der Waals surface area contributed by atoms with E-state index in [1.807, 2.05) is 0 Å². The minimum Gasteiger partial charge on any atom is -0.379 e. The van der Waals surface area contributed by atoms with Crippen molar-refractivity contribution >= 4 is 0 Å². The summed E-state index contributed by atoms with van der Waals surface area (Å²) in [4.78, 5) is 0. The molecule has 2 nitrogen and oxygen atoms in total. The third kappa shape index (κ3) is 19.9. The summed E-state index contributed by atoms with van der Waals surface area (Å²) in [6.45, 7) is 6.88. The molecule has 23 heavy (non-hydrogen) atoms. The third-order valence-corrected chi connectivity index (χ3v) is 4.68. The van der Waals surface area contributed by atoms with Crippen LogP contribution in [0.5, 0.6) is 0 Å². The van der Waals surface area contributed by atoms with Gasteiger partial charge in [0.1, 0.15) is 6.23 Å². The van der Waals surface area contributed by atoms with Crippen LogP contribution < -0.4 is 5.32 Å². The summed E-state index contributed by atoms with van der Waals surface area (Å²) in [6, 6.07) is 0. The Bertz CT molecular complexity index is 208. The first-order chi connectivity index (χ1) is 11.3. The molecule has 0 saturated carbocycles. The number of aliphatic hydroxyl groups is 1. The molecule has 0 rings (SSSR count). The molecule has 0 aromatic rings. The van der Waals surface area contributed by atoms with Gasteiger partial charge in [-0.2, -0.15) is 0 Å². The van der Waals surface area contributed by atoms with Gasteiger partial charge in [-0.05, 0) is 26.3 Å². The number of rotatable bonds is 19. The number of unbranched alkanes of at least 4 members (excludes halogenated alkanes) is 15. The molecule has 0 aromatic carbocycles. The summed E-state index contributed by atoms with van der Waals surface area (Å²) in [5.74, 6) is 0. The van der Waals surface area contributed by atoms with Gasteiger partial charge in [-0.1, -0.05) is 103 Å². The second kappa shape index (κ2) is 20.0. The fourth-order valence-corrected chi connectivity index (χ4v) is 3.04. The predicted molar refractivity (Wildman–Crippen MR) is 104 cm³/mol. The summed E-state index contributed by atoms with van der Waals surface area (Å²) in [6.07, 6.45) is 22.6. The molecule has 2 N–H and O–H groups in total. The van der Waals surface area contributed by atoms with Gasteiger partial charge >= 0.3 is 0 Å². The highest BCUT2D eigenvalue weighted by Gasteiger charge is 1.98. The normalized spacial score (nSPS) is 12.7. The number of hydrogen-bond acceptors (Lipinski definition) is 2. The van der Waals surface area contributed by atoms with E-state index >= 15 is 0 Å². The first-order valence-corrected chi connectivity index (χ1v) is 10.5. The first kappa shape index (κ1) is 22.9. The Morgan fingerprint density at radius 2 is 1.00 bits per heavy atom. The summed E-state index contributed by atoms with van der Waals surface area (Å²) in [5.41, 5.74) is 0. The highest BCUT2D eigenvalue weighted by atomic mass is 16.3. The second-order valence-corrected chi connectivity index (χ2v) is 7.06. The summed E-state index contributed by atoms with van der Waals surface area (Å²) in [7, 11) is 0. The van der Waals surface area contributed by atoms with Crippen LogP contribution in [0.4, 0.5) is 0 Å². The predicted octanol–water partition coefficient (Wildman–Crippen LogP) is 6.38. The molecule has 0 aromatic heterocycles. The molecule has 139 valence electrons. The zero-order valence-corrected chi connectivity index (χ0v) is 16.0. The van der Waals surface area contributed by atoms with Crippen LogP contribution >= 0.6 is 0 Å². The van der Waals surface area contributed by atoms with Crippen molar-refractivity contribution in [3.05, 3.63) is 6.92 Å².